The molecular formula is C64H98O11Si10. The van der Waals surface area contributed by atoms with Gasteiger partial charge in [0.25, 0.3) is 0 Å². The second-order valence-corrected chi connectivity index (χ2v) is 57.2. The van der Waals surface area contributed by atoms with Crippen molar-refractivity contribution in [2.45, 2.75) is 168 Å². The molecule has 3 aliphatic rings. The summed E-state index contributed by atoms with van der Waals surface area (Å²) in [7, 11) is -33.6. The van der Waals surface area contributed by atoms with Crippen LogP contribution in [0.5, 0.6) is 0 Å². The summed E-state index contributed by atoms with van der Waals surface area (Å²) in [5.74, 6) is 0. The molecule has 9 rings (SSSR count). The molecule has 0 aromatic heterocycles. The van der Waals surface area contributed by atoms with Crippen LogP contribution in [0.1, 0.15) is 114 Å². The summed E-state index contributed by atoms with van der Waals surface area (Å²) in [6.07, 6.45) is 8.04. The SMILES string of the molecule is CCCC(C)(CC(C)(C)CC)[Si](C)(C)O[SiH]1O[Si]2(c3ccccc3)O[Si](OCO[SiH](c3ccccc3)c3ccccc3)(O[SiH2]c3ccccc3)O[Si](c3ccccc3)(O1)O[Si](O[Si](C)(C)C(C)(CCC)CC(C)(CC)[SiH](C)C)(c1ccccc1)O2. The van der Waals surface area contributed by atoms with Crippen molar-refractivity contribution in [3.8, 4) is 0 Å². The Hall–Kier alpha value is -2.95. The number of benzene rings is 6. The summed E-state index contributed by atoms with van der Waals surface area (Å²) < 4.78 is 87.9. The quantitative estimate of drug-likeness (QED) is 0.0331. The van der Waals surface area contributed by atoms with Gasteiger partial charge in [0.05, 0.1) is 0 Å². The lowest BCUT2D eigenvalue weighted by molar-refractivity contribution is -0.0241. The lowest BCUT2D eigenvalue weighted by Crippen LogP contribution is -2.85. The van der Waals surface area contributed by atoms with Gasteiger partial charge in [0.1, 0.15) is 6.79 Å². The van der Waals surface area contributed by atoms with Gasteiger partial charge in [0.15, 0.2) is 26.4 Å². The van der Waals surface area contributed by atoms with Crippen molar-refractivity contribution in [1.82, 2.24) is 0 Å². The molecule has 0 N–H and O–H groups in total. The first-order valence-electron chi connectivity index (χ1n) is 31.1. The Balaban J connectivity index is 1.42. The zero-order valence-electron chi connectivity index (χ0n) is 53.6. The van der Waals surface area contributed by atoms with E-state index in [4.69, 9.17) is 45.9 Å². The first-order valence-corrected chi connectivity index (χ1v) is 51.0. The zero-order valence-corrected chi connectivity index (χ0v) is 64.5. The Labute approximate surface area is 524 Å². The van der Waals surface area contributed by atoms with Crippen LogP contribution >= 0.6 is 0 Å². The third-order valence-corrected chi connectivity index (χ3v) is 56.6. The summed E-state index contributed by atoms with van der Waals surface area (Å²) in [6.45, 7) is 35.6. The number of fused-ring (bicyclic) bond motifs is 6. The van der Waals surface area contributed by atoms with Gasteiger partial charge in [0, 0.05) is 24.4 Å². The highest BCUT2D eigenvalue weighted by molar-refractivity contribution is 7.04. The van der Waals surface area contributed by atoms with E-state index in [0.717, 1.165) is 72.1 Å². The average molecular weight is 1320 g/mol. The number of rotatable bonds is 29. The molecule has 0 radical (unpaired) electrons. The van der Waals surface area contributed by atoms with Crippen LogP contribution in [0, 0.1) is 5.41 Å². The van der Waals surface area contributed by atoms with Crippen molar-refractivity contribution in [3.05, 3.63) is 182 Å². The van der Waals surface area contributed by atoms with Crippen LogP contribution in [-0.4, -0.2) is 96.0 Å². The summed E-state index contributed by atoms with van der Waals surface area (Å²) in [5, 5.41) is 5.03. The fraction of sp³-hybridized carbons (Fsp3) is 0.438. The minimum absolute atomic E-state index is 0.0529. The van der Waals surface area contributed by atoms with Gasteiger partial charge in [-0.1, -0.05) is 283 Å². The first-order chi connectivity index (χ1) is 40.4. The van der Waals surface area contributed by atoms with Crippen molar-refractivity contribution >= 4 is 120 Å². The van der Waals surface area contributed by atoms with E-state index >= 15 is 0 Å². The van der Waals surface area contributed by atoms with Crippen molar-refractivity contribution in [2.24, 2.45) is 5.41 Å². The number of hydrogen-bond acceptors (Lipinski definition) is 11. The highest BCUT2D eigenvalue weighted by atomic mass is 28.6. The van der Waals surface area contributed by atoms with E-state index in [1.54, 1.807) is 0 Å². The van der Waals surface area contributed by atoms with Gasteiger partial charge in [-0.2, -0.15) is 0 Å². The van der Waals surface area contributed by atoms with E-state index in [2.05, 4.69) is 174 Å². The lowest BCUT2D eigenvalue weighted by atomic mass is 9.79. The summed E-state index contributed by atoms with van der Waals surface area (Å²) in [4.78, 5) is 0. The van der Waals surface area contributed by atoms with Gasteiger partial charge in [-0.05, 0) is 88.0 Å². The maximum atomic E-state index is 8.45. The monoisotopic (exact) mass is 1320 g/mol. The molecule has 3 saturated heterocycles. The fourth-order valence-electron chi connectivity index (χ4n) is 12.4. The molecule has 6 aromatic rings. The van der Waals surface area contributed by atoms with E-state index < -0.39 is 89.2 Å². The minimum atomic E-state index is -4.77. The van der Waals surface area contributed by atoms with Crippen LogP contribution < -0.4 is 31.1 Å². The van der Waals surface area contributed by atoms with E-state index in [9.17, 15) is 0 Å². The van der Waals surface area contributed by atoms with Crippen molar-refractivity contribution < 1.29 is 45.9 Å². The van der Waals surface area contributed by atoms with Gasteiger partial charge in [0.2, 0.25) is 9.04 Å². The molecule has 5 atom stereocenters. The highest BCUT2D eigenvalue weighted by Crippen LogP contribution is 2.57. The second kappa shape index (κ2) is 28.5. The van der Waals surface area contributed by atoms with E-state index in [1.165, 1.54) is 0 Å². The summed E-state index contributed by atoms with van der Waals surface area (Å²) in [5.41, 5.74) is 0.0529. The molecule has 2 bridgehead atoms. The van der Waals surface area contributed by atoms with Gasteiger partial charge in [-0.15, -0.1) is 0 Å². The van der Waals surface area contributed by atoms with Crippen LogP contribution in [0.3, 0.4) is 0 Å². The first kappa shape index (κ1) is 68.0. The normalized spacial score (nSPS) is 24.6. The topological polar surface area (TPSA) is 102 Å². The van der Waals surface area contributed by atoms with Crippen LogP contribution in [0.2, 0.25) is 54.4 Å². The molecule has 0 spiro atoms. The Morgan fingerprint density at radius 1 is 0.518 bits per heavy atom. The highest BCUT2D eigenvalue weighted by Gasteiger charge is 2.76. The van der Waals surface area contributed by atoms with Crippen LogP contribution in [0.4, 0.5) is 0 Å². The summed E-state index contributed by atoms with van der Waals surface area (Å²) in [6, 6.07) is 61.5. The van der Waals surface area contributed by atoms with Crippen LogP contribution in [-0.2, 0) is 45.9 Å². The molecule has 85 heavy (non-hydrogen) atoms. The maximum absolute atomic E-state index is 8.45. The van der Waals surface area contributed by atoms with Crippen molar-refractivity contribution in [1.29, 1.82) is 0 Å². The average Bonchev–Trinajstić information content (AvgIpc) is 1.13. The van der Waals surface area contributed by atoms with Crippen LogP contribution in [0.25, 0.3) is 0 Å². The fourth-order valence-corrected chi connectivity index (χ4v) is 52.4. The number of hydrogen-bond donors (Lipinski definition) is 0. The van der Waals surface area contributed by atoms with E-state index in [1.807, 2.05) is 109 Å². The zero-order chi connectivity index (χ0) is 61.3. The van der Waals surface area contributed by atoms with E-state index in [0.29, 0.717) is 10.4 Å². The Morgan fingerprint density at radius 3 is 1.36 bits per heavy atom. The smallest absolute Gasteiger partial charge is 0.418 e. The predicted molar refractivity (Wildman–Crippen MR) is 371 cm³/mol. The van der Waals surface area contributed by atoms with Gasteiger partial charge in [-0.3, -0.25) is 0 Å². The van der Waals surface area contributed by atoms with Gasteiger partial charge >= 0.3 is 45.0 Å². The maximum Gasteiger partial charge on any atom is 0.656 e. The lowest BCUT2D eigenvalue weighted by Gasteiger charge is -2.56. The molecule has 0 saturated carbocycles. The second-order valence-electron chi connectivity index (χ2n) is 26.5. The molecule has 6 aromatic carbocycles. The molecule has 0 amide bonds. The van der Waals surface area contributed by atoms with E-state index in [-0.39, 0.29) is 27.3 Å². The summed E-state index contributed by atoms with van der Waals surface area (Å²) >= 11 is 0. The molecule has 3 fully saturated rings. The third-order valence-electron chi connectivity index (χ3n) is 19.0. The molecule has 5 unspecified atom stereocenters. The van der Waals surface area contributed by atoms with Gasteiger partial charge < -0.3 is 45.9 Å². The molecule has 11 nitrogen and oxygen atoms in total. The molecule has 21 heteroatoms. The molecular weight excluding hydrogens is 1230 g/mol. The Bertz CT molecular complexity index is 2900. The largest absolute Gasteiger partial charge is 0.656 e. The molecule has 3 aliphatic heterocycles. The molecule has 3 heterocycles. The third kappa shape index (κ3) is 15.8. The molecule has 460 valence electrons. The standard InChI is InChI=1S/C64H98O11Si10/c1-16-50-63(8,52-61(5,6)18-3)80(12,13)68-79-69-82(58-44-32-23-33-45-58)72-84(60-48-36-25-37-49-60,71-81(14,15)64(9,51-17-2)53-62(7,19-4)77(10)11)73-83(70-79,59-46-34-24-35-47-59)75-85(74-82,67-76-55-38-26-20-27-39-55)66-54-65-78(56-40-28-21-29-41-56)57-42-30-22-31-43-57/h20-49,77-79H,16-19,50-54,76H2,1-15H3. The Kier molecular flexibility index (Phi) is 22.8. The molecule has 0 aliphatic carbocycles. The van der Waals surface area contributed by atoms with Crippen LogP contribution in [0.15, 0.2) is 182 Å². The van der Waals surface area contributed by atoms with Crippen molar-refractivity contribution in [3.63, 3.8) is 0 Å². The van der Waals surface area contributed by atoms with Crippen molar-refractivity contribution in [2.75, 3.05) is 6.79 Å². The van der Waals surface area contributed by atoms with Gasteiger partial charge in [-0.25, -0.2) is 0 Å². The Morgan fingerprint density at radius 2 is 0.941 bits per heavy atom. The predicted octanol–water partition coefficient (Wildman–Crippen LogP) is 11.2. The minimum Gasteiger partial charge on any atom is -0.418 e.